The van der Waals surface area contributed by atoms with Crippen molar-refractivity contribution in [1.29, 1.82) is 5.26 Å². The Morgan fingerprint density at radius 1 is 1.06 bits per heavy atom. The monoisotopic (exact) mass is 221 g/mol. The van der Waals surface area contributed by atoms with Crippen LogP contribution >= 0.6 is 0 Å². The SMILES string of the molecule is CC(C)N1CCC(C#N)(N2CCCC2)CC1. The van der Waals surface area contributed by atoms with Gasteiger partial charge in [0.15, 0.2) is 0 Å². The normalized spacial score (nSPS) is 27.1. The van der Waals surface area contributed by atoms with Gasteiger partial charge in [0.05, 0.1) is 6.07 Å². The molecule has 3 heteroatoms. The van der Waals surface area contributed by atoms with Crippen LogP contribution in [0.5, 0.6) is 0 Å². The Balaban J connectivity index is 2.00. The Kier molecular flexibility index (Phi) is 3.51. The fourth-order valence-corrected chi connectivity index (χ4v) is 3.05. The molecular formula is C13H23N3. The molecule has 0 atom stereocenters. The molecule has 90 valence electrons. The van der Waals surface area contributed by atoms with E-state index in [0.717, 1.165) is 39.0 Å². The van der Waals surface area contributed by atoms with Crippen LogP contribution in [0.25, 0.3) is 0 Å². The van der Waals surface area contributed by atoms with Crippen LogP contribution < -0.4 is 0 Å². The number of hydrogen-bond donors (Lipinski definition) is 0. The second kappa shape index (κ2) is 4.73. The van der Waals surface area contributed by atoms with Crippen LogP contribution in [0.2, 0.25) is 0 Å². The van der Waals surface area contributed by atoms with E-state index in [4.69, 9.17) is 0 Å². The second-order valence-corrected chi connectivity index (χ2v) is 5.47. The van der Waals surface area contributed by atoms with E-state index in [-0.39, 0.29) is 5.54 Å². The Morgan fingerprint density at radius 3 is 2.06 bits per heavy atom. The number of likely N-dealkylation sites (tertiary alicyclic amines) is 2. The van der Waals surface area contributed by atoms with E-state index in [1.165, 1.54) is 12.8 Å². The van der Waals surface area contributed by atoms with Crippen LogP contribution in [0.4, 0.5) is 0 Å². The molecule has 2 fully saturated rings. The minimum Gasteiger partial charge on any atom is -0.301 e. The van der Waals surface area contributed by atoms with Crippen LogP contribution in [0.3, 0.4) is 0 Å². The molecule has 2 saturated heterocycles. The molecule has 2 aliphatic heterocycles. The predicted molar refractivity (Wildman–Crippen MR) is 65.1 cm³/mol. The topological polar surface area (TPSA) is 30.3 Å². The van der Waals surface area contributed by atoms with Crippen LogP contribution in [0.1, 0.15) is 39.5 Å². The molecule has 0 aromatic carbocycles. The first kappa shape index (κ1) is 11.9. The van der Waals surface area contributed by atoms with E-state index in [2.05, 4.69) is 29.7 Å². The summed E-state index contributed by atoms with van der Waals surface area (Å²) in [5.74, 6) is 0. The maximum atomic E-state index is 9.52. The summed E-state index contributed by atoms with van der Waals surface area (Å²) in [6, 6.07) is 3.24. The maximum Gasteiger partial charge on any atom is 0.111 e. The third-order valence-corrected chi connectivity index (χ3v) is 4.27. The molecule has 2 heterocycles. The van der Waals surface area contributed by atoms with E-state index in [1.54, 1.807) is 0 Å². The third kappa shape index (κ3) is 2.09. The summed E-state index contributed by atoms with van der Waals surface area (Å²) in [7, 11) is 0. The molecule has 2 aliphatic rings. The van der Waals surface area contributed by atoms with Crippen molar-refractivity contribution < 1.29 is 0 Å². The molecule has 0 saturated carbocycles. The highest BCUT2D eigenvalue weighted by atomic mass is 15.2. The fraction of sp³-hybridized carbons (Fsp3) is 0.923. The van der Waals surface area contributed by atoms with E-state index >= 15 is 0 Å². The summed E-state index contributed by atoms with van der Waals surface area (Å²) in [5, 5.41) is 9.52. The van der Waals surface area contributed by atoms with Crippen molar-refractivity contribution in [2.45, 2.75) is 51.1 Å². The average Bonchev–Trinajstić information content (AvgIpc) is 2.83. The van der Waals surface area contributed by atoms with Gasteiger partial charge in [-0.3, -0.25) is 4.90 Å². The highest BCUT2D eigenvalue weighted by Gasteiger charge is 2.41. The van der Waals surface area contributed by atoms with Gasteiger partial charge >= 0.3 is 0 Å². The minimum absolute atomic E-state index is 0.137. The zero-order chi connectivity index (χ0) is 11.6. The smallest absolute Gasteiger partial charge is 0.111 e. The quantitative estimate of drug-likeness (QED) is 0.713. The first-order valence-corrected chi connectivity index (χ1v) is 6.58. The van der Waals surface area contributed by atoms with Crippen molar-refractivity contribution >= 4 is 0 Å². The number of piperidine rings is 1. The summed E-state index contributed by atoms with van der Waals surface area (Å²) in [5.41, 5.74) is -0.137. The molecule has 0 aromatic rings. The molecular weight excluding hydrogens is 198 g/mol. The van der Waals surface area contributed by atoms with Gasteiger partial charge in [0, 0.05) is 19.1 Å². The minimum atomic E-state index is -0.137. The van der Waals surface area contributed by atoms with E-state index in [9.17, 15) is 5.26 Å². The summed E-state index contributed by atoms with van der Waals surface area (Å²) in [4.78, 5) is 4.93. The molecule has 0 radical (unpaired) electrons. The highest BCUT2D eigenvalue weighted by Crippen LogP contribution is 2.31. The van der Waals surface area contributed by atoms with Crippen LogP contribution in [-0.2, 0) is 0 Å². The fourth-order valence-electron chi connectivity index (χ4n) is 3.05. The molecule has 0 aromatic heterocycles. The number of nitrogens with zero attached hydrogens (tertiary/aromatic N) is 3. The summed E-state index contributed by atoms with van der Waals surface area (Å²) >= 11 is 0. The average molecular weight is 221 g/mol. The van der Waals surface area contributed by atoms with Gasteiger partial charge in [0.2, 0.25) is 0 Å². The van der Waals surface area contributed by atoms with E-state index in [0.29, 0.717) is 6.04 Å². The maximum absolute atomic E-state index is 9.52. The Hall–Kier alpha value is -0.590. The van der Waals surface area contributed by atoms with Crippen molar-refractivity contribution in [2.75, 3.05) is 26.2 Å². The number of hydrogen-bond acceptors (Lipinski definition) is 3. The molecule has 16 heavy (non-hydrogen) atoms. The first-order valence-electron chi connectivity index (χ1n) is 6.58. The lowest BCUT2D eigenvalue weighted by atomic mass is 9.87. The lowest BCUT2D eigenvalue weighted by Crippen LogP contribution is -2.54. The Morgan fingerprint density at radius 2 is 1.62 bits per heavy atom. The molecule has 0 amide bonds. The molecule has 0 bridgehead atoms. The van der Waals surface area contributed by atoms with E-state index in [1.807, 2.05) is 0 Å². The summed E-state index contributed by atoms with van der Waals surface area (Å²) in [6.07, 6.45) is 4.61. The van der Waals surface area contributed by atoms with Crippen molar-refractivity contribution in [3.63, 3.8) is 0 Å². The molecule has 0 unspecified atom stereocenters. The zero-order valence-corrected chi connectivity index (χ0v) is 10.6. The van der Waals surface area contributed by atoms with Crippen LogP contribution in [-0.4, -0.2) is 47.6 Å². The van der Waals surface area contributed by atoms with Crippen molar-refractivity contribution in [3.8, 4) is 6.07 Å². The molecule has 0 aliphatic carbocycles. The van der Waals surface area contributed by atoms with Gasteiger partial charge < -0.3 is 4.90 Å². The van der Waals surface area contributed by atoms with Gasteiger partial charge in [-0.1, -0.05) is 0 Å². The van der Waals surface area contributed by atoms with Crippen molar-refractivity contribution in [1.82, 2.24) is 9.80 Å². The molecule has 0 N–H and O–H groups in total. The van der Waals surface area contributed by atoms with Gasteiger partial charge in [-0.15, -0.1) is 0 Å². The third-order valence-electron chi connectivity index (χ3n) is 4.27. The molecule has 2 rings (SSSR count). The first-order chi connectivity index (χ1) is 7.68. The van der Waals surface area contributed by atoms with Crippen molar-refractivity contribution in [3.05, 3.63) is 0 Å². The largest absolute Gasteiger partial charge is 0.301 e. The van der Waals surface area contributed by atoms with Crippen LogP contribution in [0, 0.1) is 11.3 Å². The standard InChI is InChI=1S/C13H23N3/c1-12(2)15-9-5-13(11-14,6-10-15)16-7-3-4-8-16/h12H,3-10H2,1-2H3. The molecule has 3 nitrogen and oxygen atoms in total. The van der Waals surface area contributed by atoms with Gasteiger partial charge in [-0.05, 0) is 52.6 Å². The van der Waals surface area contributed by atoms with E-state index < -0.39 is 0 Å². The molecule has 0 spiro atoms. The predicted octanol–water partition coefficient (Wildman–Crippen LogP) is 1.85. The highest BCUT2D eigenvalue weighted by molar-refractivity contribution is 5.11. The van der Waals surface area contributed by atoms with Gasteiger partial charge in [-0.25, -0.2) is 0 Å². The summed E-state index contributed by atoms with van der Waals surface area (Å²) in [6.45, 7) is 8.93. The lowest BCUT2D eigenvalue weighted by Gasteiger charge is -2.44. The summed E-state index contributed by atoms with van der Waals surface area (Å²) < 4.78 is 0. The van der Waals surface area contributed by atoms with Crippen LogP contribution in [0.15, 0.2) is 0 Å². The zero-order valence-electron chi connectivity index (χ0n) is 10.6. The lowest BCUT2D eigenvalue weighted by molar-refractivity contribution is 0.0649. The Labute approximate surface area is 99.0 Å². The van der Waals surface area contributed by atoms with Gasteiger partial charge in [0.25, 0.3) is 0 Å². The Bertz CT molecular complexity index is 265. The van der Waals surface area contributed by atoms with Gasteiger partial charge in [0.1, 0.15) is 5.54 Å². The van der Waals surface area contributed by atoms with Crippen molar-refractivity contribution in [2.24, 2.45) is 0 Å². The number of nitriles is 1. The second-order valence-electron chi connectivity index (χ2n) is 5.47. The number of rotatable bonds is 2. The van der Waals surface area contributed by atoms with Gasteiger partial charge in [-0.2, -0.15) is 5.26 Å².